The van der Waals surface area contributed by atoms with Gasteiger partial charge in [-0.05, 0) is 32.8 Å². The molecule has 1 aromatic rings. The van der Waals surface area contributed by atoms with E-state index in [1.807, 2.05) is 0 Å². The van der Waals surface area contributed by atoms with Gasteiger partial charge >= 0.3 is 5.97 Å². The van der Waals surface area contributed by atoms with Gasteiger partial charge < -0.3 is 15.3 Å². The number of furan rings is 1. The Morgan fingerprint density at radius 2 is 1.94 bits per heavy atom. The molecular formula is C13H21NO3. The fourth-order valence-corrected chi connectivity index (χ4v) is 1.98. The molecule has 0 aromatic carbocycles. The van der Waals surface area contributed by atoms with Crippen LogP contribution in [0.4, 0.5) is 0 Å². The normalized spacial score (nSPS) is 16.2. The lowest BCUT2D eigenvalue weighted by atomic mass is 9.97. The Bertz CT molecular complexity index is 365. The van der Waals surface area contributed by atoms with E-state index in [9.17, 15) is 4.79 Å². The largest absolute Gasteiger partial charge is 0.478 e. The minimum Gasteiger partial charge on any atom is -0.478 e. The highest BCUT2D eigenvalue weighted by Crippen LogP contribution is 2.14. The molecule has 0 amide bonds. The maximum Gasteiger partial charge on any atom is 0.339 e. The van der Waals surface area contributed by atoms with E-state index in [1.54, 1.807) is 13.8 Å². The summed E-state index contributed by atoms with van der Waals surface area (Å²) in [5, 5.41) is 8.52. The van der Waals surface area contributed by atoms with Gasteiger partial charge in [-0.15, -0.1) is 0 Å². The number of aryl methyl sites for hydroxylation is 2. The van der Waals surface area contributed by atoms with E-state index in [2.05, 4.69) is 0 Å². The Hall–Kier alpha value is -1.29. The van der Waals surface area contributed by atoms with Crippen molar-refractivity contribution >= 4 is 5.97 Å². The summed E-state index contributed by atoms with van der Waals surface area (Å²) in [6.45, 7) is 3.36. The van der Waals surface area contributed by atoms with Crippen molar-refractivity contribution in [2.75, 3.05) is 0 Å². The van der Waals surface area contributed by atoms with Crippen LogP contribution in [0.3, 0.4) is 0 Å². The molecule has 4 heteroatoms. The molecule has 4 nitrogen and oxygen atoms in total. The van der Waals surface area contributed by atoms with Crippen LogP contribution >= 0.6 is 0 Å². The van der Waals surface area contributed by atoms with E-state index >= 15 is 0 Å². The van der Waals surface area contributed by atoms with Crippen LogP contribution in [0.1, 0.15) is 54.0 Å². The van der Waals surface area contributed by atoms with Crippen LogP contribution in [0.5, 0.6) is 0 Å². The first-order valence-corrected chi connectivity index (χ1v) is 6.06. The molecule has 96 valence electrons. The van der Waals surface area contributed by atoms with Crippen molar-refractivity contribution in [3.05, 3.63) is 23.2 Å². The molecular weight excluding hydrogens is 218 g/mol. The lowest BCUT2D eigenvalue weighted by Crippen LogP contribution is -2.22. The summed E-state index contributed by atoms with van der Waals surface area (Å²) in [5.74, 6) is 0.161. The quantitative estimate of drug-likeness (QED) is 0.790. The van der Waals surface area contributed by atoms with E-state index in [1.165, 1.54) is 38.2 Å². The molecule has 2 rings (SSSR count). The molecule has 1 aliphatic carbocycles. The average Bonchev–Trinajstić information content (AvgIpc) is 2.60. The second-order valence-corrected chi connectivity index (χ2v) is 4.53. The first-order chi connectivity index (χ1) is 8.00. The van der Waals surface area contributed by atoms with Crippen molar-refractivity contribution in [3.63, 3.8) is 0 Å². The Labute approximate surface area is 102 Å². The van der Waals surface area contributed by atoms with Gasteiger partial charge in [0.1, 0.15) is 17.1 Å². The molecule has 0 aliphatic heterocycles. The molecule has 1 heterocycles. The molecule has 1 aliphatic rings. The van der Waals surface area contributed by atoms with Crippen LogP contribution in [-0.2, 0) is 0 Å². The zero-order chi connectivity index (χ0) is 12.8. The molecule has 3 N–H and O–H groups in total. The highest BCUT2D eigenvalue weighted by molar-refractivity contribution is 5.88. The number of carboxylic acids is 1. The number of aromatic carboxylic acids is 1. The van der Waals surface area contributed by atoms with Crippen molar-refractivity contribution < 1.29 is 14.3 Å². The van der Waals surface area contributed by atoms with Crippen molar-refractivity contribution in [1.82, 2.24) is 0 Å². The van der Waals surface area contributed by atoms with E-state index in [-0.39, 0.29) is 5.56 Å². The molecule has 0 spiro atoms. The molecule has 1 fully saturated rings. The molecule has 17 heavy (non-hydrogen) atoms. The maximum absolute atomic E-state index is 10.4. The summed E-state index contributed by atoms with van der Waals surface area (Å²) >= 11 is 0. The van der Waals surface area contributed by atoms with Gasteiger partial charge in [0.2, 0.25) is 0 Å². The predicted molar refractivity (Wildman–Crippen MR) is 66.2 cm³/mol. The van der Waals surface area contributed by atoms with Crippen molar-refractivity contribution in [1.29, 1.82) is 0 Å². The predicted octanol–water partition coefficient (Wildman–Crippen LogP) is 2.87. The third kappa shape index (κ3) is 4.61. The van der Waals surface area contributed by atoms with E-state index in [0.29, 0.717) is 17.6 Å². The number of carbonyl (C=O) groups is 1. The van der Waals surface area contributed by atoms with E-state index in [0.717, 1.165) is 0 Å². The zero-order valence-corrected chi connectivity index (χ0v) is 10.5. The average molecular weight is 239 g/mol. The lowest BCUT2D eigenvalue weighted by Gasteiger charge is -2.15. The topological polar surface area (TPSA) is 76.5 Å². The van der Waals surface area contributed by atoms with Gasteiger partial charge in [0.15, 0.2) is 0 Å². The smallest absolute Gasteiger partial charge is 0.339 e. The van der Waals surface area contributed by atoms with Crippen LogP contribution in [0.25, 0.3) is 0 Å². The minimum absolute atomic E-state index is 0.248. The summed E-state index contributed by atoms with van der Waals surface area (Å²) in [4.78, 5) is 10.4. The van der Waals surface area contributed by atoms with Gasteiger partial charge in [0.05, 0.1) is 0 Å². The molecule has 1 aromatic heterocycles. The number of hydrogen-bond acceptors (Lipinski definition) is 3. The fraction of sp³-hybridized carbons (Fsp3) is 0.615. The van der Waals surface area contributed by atoms with E-state index in [4.69, 9.17) is 15.3 Å². The van der Waals surface area contributed by atoms with Gasteiger partial charge in [0.25, 0.3) is 0 Å². The van der Waals surface area contributed by atoms with Crippen molar-refractivity contribution in [2.45, 2.75) is 52.0 Å². The van der Waals surface area contributed by atoms with Crippen LogP contribution in [-0.4, -0.2) is 17.1 Å². The number of rotatable bonds is 1. The monoisotopic (exact) mass is 239 g/mol. The Kier molecular flexibility index (Phi) is 5.22. The highest BCUT2D eigenvalue weighted by atomic mass is 16.4. The Balaban J connectivity index is 0.000000181. The summed E-state index contributed by atoms with van der Waals surface area (Å²) in [6, 6.07) is 2.05. The van der Waals surface area contributed by atoms with Gasteiger partial charge in [-0.3, -0.25) is 0 Å². The first-order valence-electron chi connectivity index (χ1n) is 6.06. The van der Waals surface area contributed by atoms with Gasteiger partial charge in [-0.2, -0.15) is 0 Å². The number of nitrogens with two attached hydrogens (primary N) is 1. The second-order valence-electron chi connectivity index (χ2n) is 4.53. The molecule has 0 atom stereocenters. The van der Waals surface area contributed by atoms with Gasteiger partial charge in [-0.25, -0.2) is 4.79 Å². The van der Waals surface area contributed by atoms with Crippen LogP contribution in [0.15, 0.2) is 10.5 Å². The van der Waals surface area contributed by atoms with Gasteiger partial charge in [0, 0.05) is 6.04 Å². The molecule has 0 unspecified atom stereocenters. The first kappa shape index (κ1) is 13.8. The van der Waals surface area contributed by atoms with Crippen molar-refractivity contribution in [3.8, 4) is 0 Å². The number of hydrogen-bond donors (Lipinski definition) is 2. The third-order valence-electron chi connectivity index (χ3n) is 2.92. The van der Waals surface area contributed by atoms with Gasteiger partial charge in [-0.1, -0.05) is 19.3 Å². The zero-order valence-electron chi connectivity index (χ0n) is 10.5. The highest BCUT2D eigenvalue weighted by Gasteiger charge is 2.10. The maximum atomic E-state index is 10.4. The summed E-state index contributed by atoms with van der Waals surface area (Å²) in [7, 11) is 0. The summed E-state index contributed by atoms with van der Waals surface area (Å²) in [5.41, 5.74) is 5.88. The third-order valence-corrected chi connectivity index (χ3v) is 2.92. The van der Waals surface area contributed by atoms with Crippen LogP contribution < -0.4 is 5.73 Å². The lowest BCUT2D eigenvalue weighted by molar-refractivity contribution is 0.0695. The minimum atomic E-state index is -0.936. The second kappa shape index (κ2) is 6.45. The summed E-state index contributed by atoms with van der Waals surface area (Å²) in [6.07, 6.45) is 6.66. The summed E-state index contributed by atoms with van der Waals surface area (Å²) < 4.78 is 4.99. The fourth-order valence-electron chi connectivity index (χ4n) is 1.98. The van der Waals surface area contributed by atoms with E-state index < -0.39 is 5.97 Å². The van der Waals surface area contributed by atoms with Crippen LogP contribution in [0.2, 0.25) is 0 Å². The van der Waals surface area contributed by atoms with Crippen molar-refractivity contribution in [2.24, 2.45) is 5.73 Å². The molecule has 0 radical (unpaired) electrons. The molecule has 1 saturated carbocycles. The molecule has 0 bridgehead atoms. The SMILES string of the molecule is Cc1cc(C(=O)O)c(C)o1.NC1CCCCC1. The number of carboxylic acid groups (broad SMARTS) is 1. The standard InChI is InChI=1S/C7H8O3.C6H13N/c1-4-3-6(7(8)9)5(2)10-4;7-6-4-2-1-3-5-6/h3H,1-2H3,(H,8,9);6H,1-5,7H2. The Morgan fingerprint density at radius 1 is 1.35 bits per heavy atom. The molecule has 0 saturated heterocycles. The van der Waals surface area contributed by atoms with Crippen LogP contribution in [0, 0.1) is 13.8 Å². The Morgan fingerprint density at radius 3 is 2.18 bits per heavy atom.